The minimum atomic E-state index is -0.800. The van der Waals surface area contributed by atoms with Gasteiger partial charge in [-0.25, -0.2) is 4.79 Å². The third kappa shape index (κ3) is 2.96. The Kier molecular flexibility index (Phi) is 4.52. The first kappa shape index (κ1) is 15.6. The van der Waals surface area contributed by atoms with Crippen LogP contribution in [0.5, 0.6) is 5.75 Å². The molecule has 0 aliphatic heterocycles. The second-order valence-corrected chi connectivity index (χ2v) is 5.12. The zero-order valence-electron chi connectivity index (χ0n) is 11.6. The number of anilines is 2. The number of hydrogen-bond acceptors (Lipinski definition) is 5. The number of phenols is 1. The summed E-state index contributed by atoms with van der Waals surface area (Å²) in [7, 11) is 0. The summed E-state index contributed by atoms with van der Waals surface area (Å²) in [5.74, 6) is -0.399. The van der Waals surface area contributed by atoms with Gasteiger partial charge in [0.2, 0.25) is 0 Å². The summed E-state index contributed by atoms with van der Waals surface area (Å²) in [6.07, 6.45) is 1.84. The number of nitrogens with zero attached hydrogens (tertiary/aromatic N) is 2. The first-order valence-corrected chi connectivity index (χ1v) is 7.38. The highest BCUT2D eigenvalue weighted by Crippen LogP contribution is 2.39. The predicted octanol–water partition coefficient (Wildman–Crippen LogP) is 3.24. The summed E-state index contributed by atoms with van der Waals surface area (Å²) >= 11 is 1.41. The van der Waals surface area contributed by atoms with Crippen LogP contribution in [0.4, 0.5) is 21.9 Å². The maximum atomic E-state index is 11.8. The van der Waals surface area contributed by atoms with Crippen LogP contribution in [-0.2, 0) is 0 Å². The molecule has 8 heteroatoms. The van der Waals surface area contributed by atoms with Crippen molar-refractivity contribution in [3.8, 4) is 5.75 Å². The van der Waals surface area contributed by atoms with Gasteiger partial charge in [-0.1, -0.05) is 12.1 Å². The number of nitro groups is 1. The second-order valence-electron chi connectivity index (χ2n) is 4.28. The molecule has 22 heavy (non-hydrogen) atoms. The van der Waals surface area contributed by atoms with E-state index in [1.807, 2.05) is 12.3 Å². The van der Waals surface area contributed by atoms with E-state index in [0.29, 0.717) is 5.69 Å². The van der Waals surface area contributed by atoms with Crippen LogP contribution in [0.1, 0.15) is 0 Å². The SMILES string of the molecule is CSc1ccccc1N(C(N)=O)c1ccc([N+](=O)[O-])cc1O. The predicted molar refractivity (Wildman–Crippen MR) is 84.7 cm³/mol. The van der Waals surface area contributed by atoms with Crippen LogP contribution < -0.4 is 10.6 Å². The largest absolute Gasteiger partial charge is 0.505 e. The number of amides is 2. The van der Waals surface area contributed by atoms with Crippen molar-refractivity contribution in [2.75, 3.05) is 11.2 Å². The van der Waals surface area contributed by atoms with Crippen molar-refractivity contribution in [2.24, 2.45) is 5.73 Å². The average Bonchev–Trinajstić information content (AvgIpc) is 2.49. The minimum absolute atomic E-state index is 0.0830. The molecule has 0 unspecified atom stereocenters. The minimum Gasteiger partial charge on any atom is -0.505 e. The standard InChI is InChI=1S/C14H13N3O4S/c1-22-13-5-3-2-4-11(13)16(14(15)19)10-7-6-9(17(20)21)8-12(10)18/h2-8,18H,1H3,(H2,15,19). The molecular formula is C14H13N3O4S. The Hall–Kier alpha value is -2.74. The van der Waals surface area contributed by atoms with Crippen LogP contribution in [0.25, 0.3) is 0 Å². The van der Waals surface area contributed by atoms with Crippen LogP contribution in [0.2, 0.25) is 0 Å². The highest BCUT2D eigenvalue weighted by Gasteiger charge is 2.22. The Morgan fingerprint density at radius 3 is 2.50 bits per heavy atom. The quantitative estimate of drug-likeness (QED) is 0.510. The molecule has 0 aliphatic rings. The Balaban J connectivity index is 2.58. The number of hydrogen-bond donors (Lipinski definition) is 2. The van der Waals surface area contributed by atoms with Crippen LogP contribution in [0.3, 0.4) is 0 Å². The van der Waals surface area contributed by atoms with Crippen molar-refractivity contribution in [1.82, 2.24) is 0 Å². The smallest absolute Gasteiger partial charge is 0.324 e. The zero-order valence-corrected chi connectivity index (χ0v) is 12.4. The van der Waals surface area contributed by atoms with Gasteiger partial charge in [0.25, 0.3) is 5.69 Å². The molecule has 3 N–H and O–H groups in total. The third-order valence-corrected chi connectivity index (χ3v) is 3.74. The number of rotatable bonds is 4. The highest BCUT2D eigenvalue weighted by molar-refractivity contribution is 7.98. The lowest BCUT2D eigenvalue weighted by Gasteiger charge is -2.23. The van der Waals surface area contributed by atoms with Crippen LogP contribution in [-0.4, -0.2) is 22.3 Å². The van der Waals surface area contributed by atoms with Crippen molar-refractivity contribution in [3.05, 3.63) is 52.6 Å². The lowest BCUT2D eigenvalue weighted by Crippen LogP contribution is -2.31. The number of carbonyl (C=O) groups excluding carboxylic acids is 1. The lowest BCUT2D eigenvalue weighted by molar-refractivity contribution is -0.384. The fourth-order valence-electron chi connectivity index (χ4n) is 2.00. The van der Waals surface area contributed by atoms with Crippen LogP contribution in [0, 0.1) is 10.1 Å². The Morgan fingerprint density at radius 1 is 1.27 bits per heavy atom. The van der Waals surface area contributed by atoms with Gasteiger partial charge in [0.1, 0.15) is 5.75 Å². The molecule has 0 radical (unpaired) electrons. The molecular weight excluding hydrogens is 306 g/mol. The normalized spacial score (nSPS) is 10.2. The second kappa shape index (κ2) is 6.35. The van der Waals surface area contributed by atoms with E-state index in [9.17, 15) is 20.0 Å². The van der Waals surface area contributed by atoms with E-state index in [1.165, 1.54) is 23.9 Å². The molecule has 0 aromatic heterocycles. The van der Waals surface area contributed by atoms with Crippen molar-refractivity contribution in [3.63, 3.8) is 0 Å². The van der Waals surface area contributed by atoms with Gasteiger partial charge in [-0.3, -0.25) is 15.0 Å². The highest BCUT2D eigenvalue weighted by atomic mass is 32.2. The first-order chi connectivity index (χ1) is 10.5. The van der Waals surface area contributed by atoms with Crippen LogP contribution in [0.15, 0.2) is 47.4 Å². The summed E-state index contributed by atoms with van der Waals surface area (Å²) in [6.45, 7) is 0. The van der Waals surface area contributed by atoms with E-state index >= 15 is 0 Å². The van der Waals surface area contributed by atoms with E-state index < -0.39 is 16.7 Å². The van der Waals surface area contributed by atoms with Gasteiger partial charge in [0.15, 0.2) is 0 Å². The van der Waals surface area contributed by atoms with E-state index in [-0.39, 0.29) is 11.4 Å². The number of phenolic OH excluding ortho intramolecular Hbond substituents is 1. The summed E-state index contributed by atoms with van der Waals surface area (Å²) in [5.41, 5.74) is 5.72. The molecule has 0 atom stereocenters. The Morgan fingerprint density at radius 2 is 1.95 bits per heavy atom. The van der Waals surface area contributed by atoms with Gasteiger partial charge < -0.3 is 10.8 Å². The molecule has 2 aromatic carbocycles. The number of nitro benzene ring substituents is 1. The molecule has 0 aliphatic carbocycles. The Labute approximate surface area is 130 Å². The van der Waals surface area contributed by atoms with Crippen molar-refractivity contribution in [2.45, 2.75) is 4.90 Å². The number of non-ortho nitro benzene ring substituents is 1. The molecule has 0 spiro atoms. The number of para-hydroxylation sites is 1. The van der Waals surface area contributed by atoms with Crippen molar-refractivity contribution in [1.29, 1.82) is 0 Å². The van der Waals surface area contributed by atoms with Gasteiger partial charge in [-0.05, 0) is 24.5 Å². The van der Waals surface area contributed by atoms with Gasteiger partial charge in [0, 0.05) is 11.0 Å². The zero-order chi connectivity index (χ0) is 16.3. The Bertz CT molecular complexity index is 736. The monoisotopic (exact) mass is 319 g/mol. The van der Waals surface area contributed by atoms with Gasteiger partial charge in [-0.2, -0.15) is 0 Å². The summed E-state index contributed by atoms with van der Waals surface area (Å²) in [6, 6.07) is 9.69. The van der Waals surface area contributed by atoms with E-state index in [4.69, 9.17) is 5.73 Å². The van der Waals surface area contributed by atoms with E-state index in [0.717, 1.165) is 15.9 Å². The molecule has 114 valence electrons. The fraction of sp³-hybridized carbons (Fsp3) is 0.0714. The molecule has 0 fully saturated rings. The summed E-state index contributed by atoms with van der Waals surface area (Å²) in [4.78, 5) is 23.8. The molecule has 7 nitrogen and oxygen atoms in total. The molecule has 0 bridgehead atoms. The van der Waals surface area contributed by atoms with Crippen molar-refractivity contribution >= 4 is 34.9 Å². The maximum absolute atomic E-state index is 11.8. The number of urea groups is 1. The number of carbonyl (C=O) groups is 1. The van der Waals surface area contributed by atoms with E-state index in [2.05, 4.69) is 0 Å². The number of thioether (sulfide) groups is 1. The summed E-state index contributed by atoms with van der Waals surface area (Å²) < 4.78 is 0. The third-order valence-electron chi connectivity index (χ3n) is 2.96. The summed E-state index contributed by atoms with van der Waals surface area (Å²) in [5, 5.41) is 20.7. The topological polar surface area (TPSA) is 110 Å². The number of benzene rings is 2. The van der Waals surface area contributed by atoms with Gasteiger partial charge >= 0.3 is 6.03 Å². The molecule has 0 heterocycles. The lowest BCUT2D eigenvalue weighted by atomic mass is 10.2. The number of nitrogens with two attached hydrogens (primary N) is 1. The average molecular weight is 319 g/mol. The molecule has 2 aromatic rings. The van der Waals surface area contributed by atoms with Gasteiger partial charge in [0.05, 0.1) is 22.4 Å². The van der Waals surface area contributed by atoms with Crippen LogP contribution >= 0.6 is 11.8 Å². The molecule has 0 saturated carbocycles. The van der Waals surface area contributed by atoms with Crippen molar-refractivity contribution < 1.29 is 14.8 Å². The van der Waals surface area contributed by atoms with Gasteiger partial charge in [-0.15, -0.1) is 11.8 Å². The molecule has 2 amide bonds. The molecule has 2 rings (SSSR count). The van der Waals surface area contributed by atoms with E-state index in [1.54, 1.807) is 18.2 Å². The number of primary amides is 1. The molecule has 0 saturated heterocycles. The first-order valence-electron chi connectivity index (χ1n) is 6.15. The maximum Gasteiger partial charge on any atom is 0.324 e. The fourth-order valence-corrected chi connectivity index (χ4v) is 2.58. The number of aromatic hydroxyl groups is 1.